The smallest absolute Gasteiger partial charge is 0.174 e. The Labute approximate surface area is 122 Å². The minimum atomic E-state index is -1.23. The van der Waals surface area contributed by atoms with E-state index in [4.69, 9.17) is 15.1 Å². The van der Waals surface area contributed by atoms with Crippen LogP contribution in [0.5, 0.6) is 0 Å². The maximum Gasteiger partial charge on any atom is 0.174 e. The number of hydrogen-bond acceptors (Lipinski definition) is 6. The maximum absolute atomic E-state index is 10.0. The molecule has 0 spiro atoms. The standard InChI is InChI=1S/C14H17N3O4/c1-2-3-4-5-10-9(6-15)16-8-17(10)14-13(20)12(19)11(7-18)21-14/h8,11-14,18-20H,2-3,7H2,1H3/t11-,12-,13-,14-/m1/s1. The van der Waals surface area contributed by atoms with E-state index in [1.54, 1.807) is 0 Å². The number of aliphatic hydroxyl groups is 3. The molecular formula is C14H17N3O4. The van der Waals surface area contributed by atoms with Crippen LogP contribution in [0.3, 0.4) is 0 Å². The molecule has 0 unspecified atom stereocenters. The highest BCUT2D eigenvalue weighted by Gasteiger charge is 2.44. The molecule has 1 aliphatic heterocycles. The van der Waals surface area contributed by atoms with E-state index >= 15 is 0 Å². The van der Waals surface area contributed by atoms with Gasteiger partial charge in [-0.05, 0) is 12.3 Å². The van der Waals surface area contributed by atoms with Gasteiger partial charge in [0.2, 0.25) is 0 Å². The molecule has 112 valence electrons. The van der Waals surface area contributed by atoms with E-state index in [0.717, 1.165) is 6.42 Å². The molecule has 0 radical (unpaired) electrons. The van der Waals surface area contributed by atoms with Crippen LogP contribution in [0.4, 0.5) is 0 Å². The highest BCUT2D eigenvalue weighted by molar-refractivity contribution is 5.40. The third-order valence-corrected chi connectivity index (χ3v) is 3.27. The van der Waals surface area contributed by atoms with Crippen molar-refractivity contribution in [3.8, 4) is 17.9 Å². The zero-order valence-electron chi connectivity index (χ0n) is 11.6. The topological polar surface area (TPSA) is 112 Å². The van der Waals surface area contributed by atoms with Crippen LogP contribution in [0.1, 0.15) is 37.4 Å². The van der Waals surface area contributed by atoms with Gasteiger partial charge in [-0.25, -0.2) is 4.98 Å². The Morgan fingerprint density at radius 1 is 1.43 bits per heavy atom. The van der Waals surface area contributed by atoms with E-state index < -0.39 is 31.1 Å². The van der Waals surface area contributed by atoms with Gasteiger partial charge >= 0.3 is 0 Å². The van der Waals surface area contributed by atoms with E-state index in [1.807, 2.05) is 13.0 Å². The molecule has 7 heteroatoms. The molecule has 7 nitrogen and oxygen atoms in total. The van der Waals surface area contributed by atoms with Crippen molar-refractivity contribution in [3.05, 3.63) is 17.7 Å². The summed E-state index contributed by atoms with van der Waals surface area (Å²) in [5.74, 6) is 5.77. The van der Waals surface area contributed by atoms with Gasteiger partial charge in [0, 0.05) is 6.42 Å². The first-order valence-electron chi connectivity index (χ1n) is 6.72. The van der Waals surface area contributed by atoms with Crippen molar-refractivity contribution in [3.63, 3.8) is 0 Å². The molecule has 21 heavy (non-hydrogen) atoms. The summed E-state index contributed by atoms with van der Waals surface area (Å²) < 4.78 is 6.84. The number of imidazole rings is 1. The van der Waals surface area contributed by atoms with E-state index in [0.29, 0.717) is 12.1 Å². The van der Waals surface area contributed by atoms with Crippen molar-refractivity contribution in [1.29, 1.82) is 5.26 Å². The molecule has 4 atom stereocenters. The van der Waals surface area contributed by atoms with Crippen LogP contribution in [-0.4, -0.2) is 49.8 Å². The van der Waals surface area contributed by atoms with E-state index in [2.05, 4.69) is 16.8 Å². The molecule has 3 N–H and O–H groups in total. The first-order chi connectivity index (χ1) is 10.1. The molecule has 0 aliphatic carbocycles. The summed E-state index contributed by atoms with van der Waals surface area (Å²) >= 11 is 0. The van der Waals surface area contributed by atoms with Crippen molar-refractivity contribution in [2.45, 2.75) is 44.3 Å². The van der Waals surface area contributed by atoms with E-state index in [1.165, 1.54) is 10.9 Å². The third kappa shape index (κ3) is 2.92. The van der Waals surface area contributed by atoms with Crippen LogP contribution in [0, 0.1) is 23.2 Å². The van der Waals surface area contributed by atoms with Crippen LogP contribution in [0.15, 0.2) is 6.33 Å². The molecule has 2 rings (SSSR count). The fraction of sp³-hybridized carbons (Fsp3) is 0.571. The fourth-order valence-electron chi connectivity index (χ4n) is 2.14. The predicted molar refractivity (Wildman–Crippen MR) is 71.7 cm³/mol. The van der Waals surface area contributed by atoms with Crippen molar-refractivity contribution >= 4 is 0 Å². The van der Waals surface area contributed by atoms with Crippen LogP contribution < -0.4 is 0 Å². The largest absolute Gasteiger partial charge is 0.394 e. The summed E-state index contributed by atoms with van der Waals surface area (Å²) in [5.41, 5.74) is 0.470. The molecule has 1 saturated heterocycles. The number of nitriles is 1. The second kappa shape index (κ2) is 6.70. The van der Waals surface area contributed by atoms with Crippen LogP contribution in [0.2, 0.25) is 0 Å². The molecule has 0 amide bonds. The van der Waals surface area contributed by atoms with Crippen molar-refractivity contribution in [1.82, 2.24) is 9.55 Å². The maximum atomic E-state index is 10.0. The summed E-state index contributed by atoms with van der Waals surface area (Å²) in [5, 5.41) is 38.0. The molecule has 1 aliphatic rings. The third-order valence-electron chi connectivity index (χ3n) is 3.27. The predicted octanol–water partition coefficient (Wildman–Crippen LogP) is -0.482. The fourth-order valence-corrected chi connectivity index (χ4v) is 2.14. The quantitative estimate of drug-likeness (QED) is 0.648. The van der Waals surface area contributed by atoms with Crippen molar-refractivity contribution in [2.75, 3.05) is 6.61 Å². The van der Waals surface area contributed by atoms with Crippen molar-refractivity contribution in [2.24, 2.45) is 0 Å². The molecule has 2 heterocycles. The lowest BCUT2D eigenvalue weighted by atomic mass is 10.1. The van der Waals surface area contributed by atoms with Gasteiger partial charge in [-0.15, -0.1) is 0 Å². The Bertz CT molecular complexity index is 596. The second-order valence-corrected chi connectivity index (χ2v) is 4.74. The number of aromatic nitrogens is 2. The van der Waals surface area contributed by atoms with Gasteiger partial charge in [0.1, 0.15) is 30.1 Å². The first kappa shape index (κ1) is 15.5. The Morgan fingerprint density at radius 3 is 2.76 bits per heavy atom. The van der Waals surface area contributed by atoms with Gasteiger partial charge in [0.25, 0.3) is 0 Å². The molecule has 0 bridgehead atoms. The Balaban J connectivity index is 2.35. The number of rotatable bonds is 3. The highest BCUT2D eigenvalue weighted by Crippen LogP contribution is 2.30. The minimum absolute atomic E-state index is 0.136. The summed E-state index contributed by atoms with van der Waals surface area (Å²) in [6.45, 7) is 1.58. The molecule has 1 aromatic heterocycles. The normalized spacial score (nSPS) is 28.0. The number of unbranched alkanes of at least 4 members (excludes halogenated alkanes) is 1. The summed E-state index contributed by atoms with van der Waals surface area (Å²) in [4.78, 5) is 3.93. The Kier molecular flexibility index (Phi) is 4.94. The number of ether oxygens (including phenoxy) is 1. The lowest BCUT2D eigenvalue weighted by Crippen LogP contribution is -2.33. The number of aliphatic hydroxyl groups excluding tert-OH is 3. The Morgan fingerprint density at radius 2 is 2.19 bits per heavy atom. The number of hydrogen-bond donors (Lipinski definition) is 3. The minimum Gasteiger partial charge on any atom is -0.394 e. The second-order valence-electron chi connectivity index (χ2n) is 4.74. The number of nitrogens with zero attached hydrogens (tertiary/aromatic N) is 3. The lowest BCUT2D eigenvalue weighted by molar-refractivity contribution is -0.0531. The SMILES string of the molecule is CCCC#Cc1c(C#N)ncn1[C@@H]1O[C@H](CO)[C@@H](O)[C@H]1O. The molecule has 0 saturated carbocycles. The molecule has 1 aromatic rings. The summed E-state index contributed by atoms with van der Waals surface area (Å²) in [7, 11) is 0. The monoisotopic (exact) mass is 291 g/mol. The molecule has 1 fully saturated rings. The van der Waals surface area contributed by atoms with Gasteiger partial charge in [0.15, 0.2) is 11.9 Å². The first-order valence-corrected chi connectivity index (χ1v) is 6.72. The lowest BCUT2D eigenvalue weighted by Gasteiger charge is -2.17. The van der Waals surface area contributed by atoms with Gasteiger partial charge in [-0.2, -0.15) is 5.26 Å². The van der Waals surface area contributed by atoms with Crippen LogP contribution in [0.25, 0.3) is 0 Å². The zero-order chi connectivity index (χ0) is 15.4. The van der Waals surface area contributed by atoms with Gasteiger partial charge < -0.3 is 20.1 Å². The summed E-state index contributed by atoms with van der Waals surface area (Å²) in [6.07, 6.45) is -1.34. The summed E-state index contributed by atoms with van der Waals surface area (Å²) in [6, 6.07) is 1.93. The average Bonchev–Trinajstić information content (AvgIpc) is 3.02. The average molecular weight is 291 g/mol. The highest BCUT2D eigenvalue weighted by atomic mass is 16.6. The van der Waals surface area contributed by atoms with Gasteiger partial charge in [-0.3, -0.25) is 4.57 Å². The van der Waals surface area contributed by atoms with E-state index in [9.17, 15) is 10.2 Å². The Hall–Kier alpha value is -1.90. The molecule has 0 aromatic carbocycles. The van der Waals surface area contributed by atoms with Gasteiger partial charge in [-0.1, -0.05) is 12.8 Å². The molecular weight excluding hydrogens is 274 g/mol. The van der Waals surface area contributed by atoms with Crippen LogP contribution >= 0.6 is 0 Å². The zero-order valence-corrected chi connectivity index (χ0v) is 11.6. The van der Waals surface area contributed by atoms with E-state index in [-0.39, 0.29) is 5.69 Å². The van der Waals surface area contributed by atoms with Crippen LogP contribution in [-0.2, 0) is 4.74 Å². The van der Waals surface area contributed by atoms with Crippen molar-refractivity contribution < 1.29 is 20.1 Å². The van der Waals surface area contributed by atoms with Gasteiger partial charge in [0.05, 0.1) is 12.9 Å².